The molecule has 0 aliphatic heterocycles. The van der Waals surface area contributed by atoms with E-state index >= 15 is 0 Å². The Morgan fingerprint density at radius 2 is 2.24 bits per heavy atom. The third-order valence-corrected chi connectivity index (χ3v) is 4.23. The molecule has 1 amide bonds. The Morgan fingerprint density at radius 3 is 2.86 bits per heavy atom. The quantitative estimate of drug-likeness (QED) is 0.643. The molecule has 0 saturated heterocycles. The van der Waals surface area contributed by atoms with Crippen molar-refractivity contribution in [3.8, 4) is 0 Å². The van der Waals surface area contributed by atoms with Gasteiger partial charge in [0.15, 0.2) is 0 Å². The topological polar surface area (TPSA) is 70.9 Å². The van der Waals surface area contributed by atoms with Crippen LogP contribution < -0.4 is 5.32 Å². The minimum absolute atomic E-state index is 0.0322. The molecule has 21 heavy (non-hydrogen) atoms. The number of hydrogen-bond donors (Lipinski definition) is 2. The van der Waals surface area contributed by atoms with Crippen LogP contribution in [0.15, 0.2) is 29.4 Å². The molecule has 1 saturated carbocycles. The molecular weight excluding hydrogens is 268 g/mol. The molecule has 5 nitrogen and oxygen atoms in total. The van der Waals surface area contributed by atoms with Gasteiger partial charge in [0.05, 0.1) is 12.8 Å². The molecule has 114 valence electrons. The molecular formula is C16H22N2O3. The van der Waals surface area contributed by atoms with Crippen molar-refractivity contribution >= 4 is 12.1 Å². The Labute approximate surface area is 125 Å². The Kier molecular flexibility index (Phi) is 4.96. The number of oxime groups is 1. The molecule has 1 aromatic carbocycles. The smallest absolute Gasteiger partial charge is 0.251 e. The van der Waals surface area contributed by atoms with Gasteiger partial charge in [-0.2, -0.15) is 0 Å². The highest BCUT2D eigenvalue weighted by atomic mass is 16.6. The summed E-state index contributed by atoms with van der Waals surface area (Å²) < 4.78 is 0. The number of hydrogen-bond acceptors (Lipinski definition) is 4. The van der Waals surface area contributed by atoms with Crippen molar-refractivity contribution in [1.82, 2.24) is 5.32 Å². The van der Waals surface area contributed by atoms with E-state index < -0.39 is 0 Å². The Bertz CT molecular complexity index is 513. The van der Waals surface area contributed by atoms with Gasteiger partial charge in [-0.05, 0) is 30.5 Å². The lowest BCUT2D eigenvalue weighted by molar-refractivity contribution is 0.0830. The molecule has 1 aliphatic rings. The van der Waals surface area contributed by atoms with Gasteiger partial charge in [-0.25, -0.2) is 0 Å². The summed E-state index contributed by atoms with van der Waals surface area (Å²) >= 11 is 0. The summed E-state index contributed by atoms with van der Waals surface area (Å²) in [6.07, 6.45) is 4.48. The SMILES string of the molecule is CO/N=C/c1ccc(C(=O)NC2CCCC2(C)CO)cc1. The van der Waals surface area contributed by atoms with E-state index in [4.69, 9.17) is 0 Å². The molecule has 5 heteroatoms. The van der Waals surface area contributed by atoms with E-state index in [1.54, 1.807) is 18.3 Å². The van der Waals surface area contributed by atoms with Gasteiger partial charge in [0, 0.05) is 17.0 Å². The van der Waals surface area contributed by atoms with Gasteiger partial charge in [0.2, 0.25) is 0 Å². The van der Waals surface area contributed by atoms with Crippen LogP contribution >= 0.6 is 0 Å². The van der Waals surface area contributed by atoms with Crippen LogP contribution in [-0.4, -0.2) is 37.0 Å². The van der Waals surface area contributed by atoms with Gasteiger partial charge in [-0.1, -0.05) is 30.6 Å². The minimum atomic E-state index is -0.208. The van der Waals surface area contributed by atoms with E-state index in [0.29, 0.717) is 5.56 Å². The van der Waals surface area contributed by atoms with Crippen LogP contribution in [0.4, 0.5) is 0 Å². The minimum Gasteiger partial charge on any atom is -0.399 e. The summed E-state index contributed by atoms with van der Waals surface area (Å²) in [4.78, 5) is 16.9. The first-order valence-corrected chi connectivity index (χ1v) is 7.17. The molecule has 2 unspecified atom stereocenters. The predicted octanol–water partition coefficient (Wildman–Crippen LogP) is 1.95. The number of rotatable bonds is 5. The molecule has 0 radical (unpaired) electrons. The van der Waals surface area contributed by atoms with Crippen molar-refractivity contribution in [1.29, 1.82) is 0 Å². The largest absolute Gasteiger partial charge is 0.399 e. The van der Waals surface area contributed by atoms with E-state index in [2.05, 4.69) is 15.3 Å². The van der Waals surface area contributed by atoms with Crippen molar-refractivity contribution in [2.45, 2.75) is 32.2 Å². The monoisotopic (exact) mass is 290 g/mol. The fourth-order valence-corrected chi connectivity index (χ4v) is 2.74. The lowest BCUT2D eigenvalue weighted by Crippen LogP contribution is -2.44. The van der Waals surface area contributed by atoms with Crippen LogP contribution in [0.25, 0.3) is 0 Å². The molecule has 1 fully saturated rings. The first-order chi connectivity index (χ1) is 10.1. The first kappa shape index (κ1) is 15.5. The summed E-state index contributed by atoms with van der Waals surface area (Å²) in [6.45, 7) is 2.12. The van der Waals surface area contributed by atoms with Gasteiger partial charge >= 0.3 is 0 Å². The zero-order chi connectivity index (χ0) is 15.3. The molecule has 2 atom stereocenters. The van der Waals surface area contributed by atoms with Crippen molar-refractivity contribution in [2.24, 2.45) is 10.6 Å². The summed E-state index contributed by atoms with van der Waals surface area (Å²) in [5.41, 5.74) is 1.27. The van der Waals surface area contributed by atoms with Crippen LogP contribution in [-0.2, 0) is 4.84 Å². The normalized spacial score (nSPS) is 25.2. The van der Waals surface area contributed by atoms with E-state index in [0.717, 1.165) is 24.8 Å². The highest BCUT2D eigenvalue weighted by Crippen LogP contribution is 2.37. The number of amides is 1. The molecule has 0 bridgehead atoms. The van der Waals surface area contributed by atoms with Gasteiger partial charge < -0.3 is 15.3 Å². The fourth-order valence-electron chi connectivity index (χ4n) is 2.74. The number of benzene rings is 1. The van der Waals surface area contributed by atoms with Crippen LogP contribution in [0.1, 0.15) is 42.1 Å². The maximum atomic E-state index is 12.3. The van der Waals surface area contributed by atoms with Crippen molar-refractivity contribution < 1.29 is 14.7 Å². The average molecular weight is 290 g/mol. The van der Waals surface area contributed by atoms with Crippen molar-refractivity contribution in [2.75, 3.05) is 13.7 Å². The zero-order valence-corrected chi connectivity index (χ0v) is 12.5. The number of aliphatic hydroxyl groups excluding tert-OH is 1. The van der Waals surface area contributed by atoms with Crippen LogP contribution in [0.3, 0.4) is 0 Å². The lowest BCUT2D eigenvalue weighted by atomic mass is 9.85. The third-order valence-electron chi connectivity index (χ3n) is 4.23. The Morgan fingerprint density at radius 1 is 1.52 bits per heavy atom. The highest BCUT2D eigenvalue weighted by Gasteiger charge is 2.39. The van der Waals surface area contributed by atoms with Gasteiger partial charge in [-0.3, -0.25) is 4.79 Å². The summed E-state index contributed by atoms with van der Waals surface area (Å²) in [5.74, 6) is -0.100. The standard InChI is InChI=1S/C16H22N2O3/c1-16(11-19)9-3-4-14(16)18-15(20)13-7-5-12(6-8-13)10-17-21-2/h5-8,10,14,19H,3-4,9,11H2,1-2H3,(H,18,20)/b17-10+. The lowest BCUT2D eigenvalue weighted by Gasteiger charge is -2.30. The van der Waals surface area contributed by atoms with E-state index in [9.17, 15) is 9.90 Å². The van der Waals surface area contributed by atoms with Gasteiger partial charge in [0.1, 0.15) is 7.11 Å². The second-order valence-electron chi connectivity index (χ2n) is 5.77. The summed E-state index contributed by atoms with van der Waals surface area (Å²) in [5, 5.41) is 16.2. The van der Waals surface area contributed by atoms with E-state index in [1.165, 1.54) is 7.11 Å². The maximum Gasteiger partial charge on any atom is 0.251 e. The number of nitrogens with zero attached hydrogens (tertiary/aromatic N) is 1. The van der Waals surface area contributed by atoms with E-state index in [-0.39, 0.29) is 24.0 Å². The zero-order valence-electron chi connectivity index (χ0n) is 12.5. The number of nitrogens with one attached hydrogen (secondary N) is 1. The van der Waals surface area contributed by atoms with Crippen LogP contribution in [0, 0.1) is 5.41 Å². The molecule has 0 spiro atoms. The molecule has 2 rings (SSSR count). The van der Waals surface area contributed by atoms with Crippen LogP contribution in [0.2, 0.25) is 0 Å². The molecule has 1 aromatic rings. The number of carbonyl (C=O) groups is 1. The third kappa shape index (κ3) is 3.61. The highest BCUT2D eigenvalue weighted by molar-refractivity contribution is 5.95. The maximum absolute atomic E-state index is 12.3. The summed E-state index contributed by atoms with van der Waals surface area (Å²) in [7, 11) is 1.48. The second-order valence-corrected chi connectivity index (χ2v) is 5.77. The molecule has 2 N–H and O–H groups in total. The van der Waals surface area contributed by atoms with E-state index in [1.807, 2.05) is 19.1 Å². The first-order valence-electron chi connectivity index (χ1n) is 7.17. The van der Waals surface area contributed by atoms with Gasteiger partial charge in [-0.15, -0.1) is 0 Å². The molecule has 1 aliphatic carbocycles. The van der Waals surface area contributed by atoms with Gasteiger partial charge in [0.25, 0.3) is 5.91 Å². The fraction of sp³-hybridized carbons (Fsp3) is 0.500. The Balaban J connectivity index is 2.02. The van der Waals surface area contributed by atoms with Crippen molar-refractivity contribution in [3.05, 3.63) is 35.4 Å². The average Bonchev–Trinajstić information content (AvgIpc) is 2.87. The Hall–Kier alpha value is -1.88. The number of carbonyl (C=O) groups excluding carboxylic acids is 1. The summed E-state index contributed by atoms with van der Waals surface area (Å²) in [6, 6.07) is 7.19. The molecule has 0 aromatic heterocycles. The van der Waals surface area contributed by atoms with Crippen LogP contribution in [0.5, 0.6) is 0 Å². The number of aliphatic hydroxyl groups is 1. The van der Waals surface area contributed by atoms with Crippen molar-refractivity contribution in [3.63, 3.8) is 0 Å². The second kappa shape index (κ2) is 6.72. The molecule has 0 heterocycles. The predicted molar refractivity (Wildman–Crippen MR) is 81.3 cm³/mol.